The molecule has 0 aliphatic carbocycles. The molecule has 0 unspecified atom stereocenters. The average Bonchev–Trinajstić information content (AvgIpc) is 2.30. The van der Waals surface area contributed by atoms with E-state index in [1.807, 2.05) is 0 Å². The van der Waals surface area contributed by atoms with Gasteiger partial charge in [0, 0.05) is 0 Å². The lowest BCUT2D eigenvalue weighted by atomic mass is 10.2. The molecule has 0 saturated carbocycles. The van der Waals surface area contributed by atoms with Crippen LogP contribution in [0, 0.1) is 0 Å². The van der Waals surface area contributed by atoms with Gasteiger partial charge in [-0.15, -0.1) is 6.58 Å². The summed E-state index contributed by atoms with van der Waals surface area (Å²) in [6.45, 7) is 11.4. The van der Waals surface area contributed by atoms with E-state index in [9.17, 15) is 0 Å². The van der Waals surface area contributed by atoms with Gasteiger partial charge in [-0.2, -0.15) is 0 Å². The number of benzene rings is 1. The zero-order valence-electron chi connectivity index (χ0n) is 10.9. The number of allylic oxidation sites excluding steroid dienone is 1. The Labute approximate surface area is 101 Å². The van der Waals surface area contributed by atoms with E-state index in [1.54, 1.807) is 0 Å². The highest BCUT2D eigenvalue weighted by Crippen LogP contribution is 2.19. The third kappa shape index (κ3) is 3.34. The highest BCUT2D eigenvalue weighted by atomic mass is 28.3. The van der Waals surface area contributed by atoms with Crippen molar-refractivity contribution in [1.82, 2.24) is 0 Å². The second kappa shape index (κ2) is 6.05. The quantitative estimate of drug-likeness (QED) is 0.507. The summed E-state index contributed by atoms with van der Waals surface area (Å²) in [6.07, 6.45) is 5.14. The lowest BCUT2D eigenvalue weighted by Crippen LogP contribution is -2.43. The van der Waals surface area contributed by atoms with Crippen LogP contribution in [0.15, 0.2) is 42.1 Å². The summed E-state index contributed by atoms with van der Waals surface area (Å²) in [7, 11) is -1.43. The Hall–Kier alpha value is -0.823. The van der Waals surface area contributed by atoms with Crippen LogP contribution in [0.25, 0.3) is 0 Å². The first-order valence-electron chi connectivity index (χ1n) is 6.32. The molecule has 0 saturated heterocycles. The Balaban J connectivity index is 2.66. The van der Waals surface area contributed by atoms with Gasteiger partial charge in [-0.1, -0.05) is 73.6 Å². The van der Waals surface area contributed by atoms with Crippen molar-refractivity contribution in [3.63, 3.8) is 0 Å². The third-order valence-corrected chi connectivity index (χ3v) is 7.26. The van der Waals surface area contributed by atoms with E-state index in [2.05, 4.69) is 56.9 Å². The predicted octanol–water partition coefficient (Wildman–Crippen LogP) is 4.28. The molecule has 0 bridgehead atoms. The summed E-state index contributed by atoms with van der Waals surface area (Å²) in [5, 5.41) is 3.00. The molecule has 1 heteroatoms. The Morgan fingerprint density at radius 1 is 1.12 bits per heavy atom. The largest absolute Gasteiger partial charge is 0.106 e. The van der Waals surface area contributed by atoms with Crippen LogP contribution < -0.4 is 5.19 Å². The number of hydrogen-bond acceptors (Lipinski definition) is 0. The molecule has 1 rings (SSSR count). The van der Waals surface area contributed by atoms with Gasteiger partial charge < -0.3 is 0 Å². The molecule has 0 spiro atoms. The van der Waals surface area contributed by atoms with Crippen LogP contribution in [-0.2, 0) is 0 Å². The van der Waals surface area contributed by atoms with Crippen LogP contribution in [0.1, 0.15) is 32.6 Å². The van der Waals surface area contributed by atoms with Gasteiger partial charge in [0.1, 0.15) is 8.07 Å². The smallest absolute Gasteiger partial charge is 0.103 e. The Kier molecular flexibility index (Phi) is 5.00. The highest BCUT2D eigenvalue weighted by Gasteiger charge is 2.25. The van der Waals surface area contributed by atoms with Crippen molar-refractivity contribution >= 4 is 13.3 Å². The van der Waals surface area contributed by atoms with Gasteiger partial charge in [0.05, 0.1) is 0 Å². The molecule has 0 radical (unpaired) electrons. The maximum absolute atomic E-state index is 4.34. The van der Waals surface area contributed by atoms with Crippen LogP contribution in [0.2, 0.25) is 13.1 Å². The van der Waals surface area contributed by atoms with Crippen LogP contribution >= 0.6 is 0 Å². The molecule has 1 aromatic carbocycles. The van der Waals surface area contributed by atoms with Crippen molar-refractivity contribution < 1.29 is 0 Å². The minimum atomic E-state index is -1.43. The second-order valence-corrected chi connectivity index (χ2v) is 9.59. The molecule has 88 valence electrons. The summed E-state index contributed by atoms with van der Waals surface area (Å²) >= 11 is 0. The Morgan fingerprint density at radius 2 is 1.75 bits per heavy atom. The molecule has 0 amide bonds. The van der Waals surface area contributed by atoms with Crippen LogP contribution in [0.5, 0.6) is 0 Å². The topological polar surface area (TPSA) is 0 Å². The lowest BCUT2D eigenvalue weighted by molar-refractivity contribution is 0.723. The maximum atomic E-state index is 4.34. The first kappa shape index (κ1) is 13.2. The van der Waals surface area contributed by atoms with Gasteiger partial charge in [-0.25, -0.2) is 0 Å². The van der Waals surface area contributed by atoms with Gasteiger partial charge in [-0.3, -0.25) is 0 Å². The van der Waals surface area contributed by atoms with E-state index in [-0.39, 0.29) is 0 Å². The number of rotatable bonds is 6. The van der Waals surface area contributed by atoms with Crippen molar-refractivity contribution in [1.29, 1.82) is 0 Å². The van der Waals surface area contributed by atoms with Crippen LogP contribution in [-0.4, -0.2) is 8.07 Å². The average molecular weight is 232 g/mol. The lowest BCUT2D eigenvalue weighted by Gasteiger charge is -2.25. The van der Waals surface area contributed by atoms with Crippen molar-refractivity contribution in [3.05, 3.63) is 42.1 Å². The van der Waals surface area contributed by atoms with Gasteiger partial charge in [0.25, 0.3) is 0 Å². The second-order valence-electron chi connectivity index (χ2n) is 5.05. The van der Waals surface area contributed by atoms with Crippen LogP contribution in [0.4, 0.5) is 0 Å². The molecule has 1 aromatic rings. The molecule has 0 N–H and O–H groups in total. The van der Waals surface area contributed by atoms with Crippen molar-refractivity contribution in [3.8, 4) is 0 Å². The fourth-order valence-corrected chi connectivity index (χ4v) is 4.20. The highest BCUT2D eigenvalue weighted by molar-refractivity contribution is 6.95. The number of unbranched alkanes of at least 4 members (excludes halogenated alkanes) is 2. The van der Waals surface area contributed by atoms with E-state index < -0.39 is 8.07 Å². The van der Waals surface area contributed by atoms with E-state index in [1.165, 1.54) is 36.1 Å². The molecular formula is C15H24Si. The molecular weight excluding hydrogens is 208 g/mol. The normalized spacial score (nSPS) is 11.4. The van der Waals surface area contributed by atoms with Gasteiger partial charge in [-0.05, 0) is 12.8 Å². The maximum Gasteiger partial charge on any atom is 0.106 e. The van der Waals surface area contributed by atoms with Gasteiger partial charge >= 0.3 is 0 Å². The van der Waals surface area contributed by atoms with Gasteiger partial charge in [0.15, 0.2) is 0 Å². The molecule has 0 heterocycles. The molecule has 0 aromatic heterocycles. The molecule has 0 aliphatic heterocycles. The zero-order valence-corrected chi connectivity index (χ0v) is 11.9. The molecule has 16 heavy (non-hydrogen) atoms. The first-order chi connectivity index (χ1) is 7.59. The van der Waals surface area contributed by atoms with Crippen molar-refractivity contribution in [2.45, 2.75) is 45.7 Å². The fraction of sp³-hybridized carbons (Fsp3) is 0.467. The van der Waals surface area contributed by atoms with Crippen LogP contribution in [0.3, 0.4) is 0 Å². The van der Waals surface area contributed by atoms with E-state index in [0.29, 0.717) is 0 Å². The van der Waals surface area contributed by atoms with Gasteiger partial charge in [0.2, 0.25) is 0 Å². The Bertz CT molecular complexity index is 325. The SMILES string of the molecule is C=C(CCCCC)[Si](C)(C)c1ccccc1. The fourth-order valence-electron chi connectivity index (χ4n) is 1.96. The minimum Gasteiger partial charge on any atom is -0.103 e. The van der Waals surface area contributed by atoms with E-state index >= 15 is 0 Å². The standard InChI is InChI=1S/C15H24Si/c1-5-6-8-11-14(2)16(3,4)15-12-9-7-10-13-15/h7,9-10,12-13H,2,5-6,8,11H2,1,3-4H3. The monoisotopic (exact) mass is 232 g/mol. The van der Waals surface area contributed by atoms with E-state index in [0.717, 1.165) is 0 Å². The van der Waals surface area contributed by atoms with Crippen molar-refractivity contribution in [2.75, 3.05) is 0 Å². The first-order valence-corrected chi connectivity index (χ1v) is 9.32. The van der Waals surface area contributed by atoms with E-state index in [4.69, 9.17) is 0 Å². The summed E-state index contributed by atoms with van der Waals surface area (Å²) < 4.78 is 0. The summed E-state index contributed by atoms with van der Waals surface area (Å²) in [6, 6.07) is 10.9. The number of hydrogen-bond donors (Lipinski definition) is 0. The zero-order chi connectivity index (χ0) is 12.0. The molecule has 0 aliphatic rings. The molecule has 0 atom stereocenters. The van der Waals surface area contributed by atoms with Crippen molar-refractivity contribution in [2.24, 2.45) is 0 Å². The molecule has 0 fully saturated rings. The summed E-state index contributed by atoms with van der Waals surface area (Å²) in [5.41, 5.74) is 0. The Morgan fingerprint density at radius 3 is 2.31 bits per heavy atom. The predicted molar refractivity (Wildman–Crippen MR) is 76.8 cm³/mol. The molecule has 0 nitrogen and oxygen atoms in total. The summed E-state index contributed by atoms with van der Waals surface area (Å²) in [5.74, 6) is 0. The third-order valence-electron chi connectivity index (χ3n) is 3.46. The summed E-state index contributed by atoms with van der Waals surface area (Å²) in [4.78, 5) is 0. The minimum absolute atomic E-state index is 1.21.